The largest absolute Gasteiger partial charge is 0.308 e. The number of fused-ring (bicyclic) bond motifs is 1. The zero-order valence-electron chi connectivity index (χ0n) is 11.3. The number of carbonyl (C=O) groups is 1. The molecule has 0 aliphatic carbocycles. The molecular formula is C16H15FN2O. The molecule has 0 radical (unpaired) electrons. The van der Waals surface area contributed by atoms with Crippen molar-refractivity contribution in [2.75, 3.05) is 11.4 Å². The third-order valence-electron chi connectivity index (χ3n) is 3.64. The van der Waals surface area contributed by atoms with Crippen LogP contribution in [0.25, 0.3) is 0 Å². The van der Waals surface area contributed by atoms with Crippen molar-refractivity contribution in [3.05, 3.63) is 59.2 Å². The molecule has 0 N–H and O–H groups in total. The molecule has 1 aliphatic rings. The van der Waals surface area contributed by atoms with Crippen molar-refractivity contribution >= 4 is 11.6 Å². The maximum absolute atomic E-state index is 13.2. The molecular weight excluding hydrogens is 255 g/mol. The predicted octanol–water partition coefficient (Wildman–Crippen LogP) is 3.12. The first-order chi connectivity index (χ1) is 9.66. The van der Waals surface area contributed by atoms with E-state index in [-0.39, 0.29) is 5.91 Å². The van der Waals surface area contributed by atoms with E-state index in [1.807, 2.05) is 19.1 Å². The Morgan fingerprint density at radius 3 is 3.00 bits per heavy atom. The van der Waals surface area contributed by atoms with Crippen molar-refractivity contribution in [2.45, 2.75) is 19.8 Å². The summed E-state index contributed by atoms with van der Waals surface area (Å²) in [7, 11) is 0. The van der Waals surface area contributed by atoms with E-state index in [0.29, 0.717) is 12.1 Å². The number of pyridine rings is 1. The van der Waals surface area contributed by atoms with Crippen LogP contribution in [0, 0.1) is 12.9 Å². The lowest BCUT2D eigenvalue weighted by atomic mass is 9.97. The lowest BCUT2D eigenvalue weighted by Crippen LogP contribution is -2.36. The molecule has 0 atom stereocenters. The number of nitrogens with zero attached hydrogens (tertiary/aromatic N) is 2. The van der Waals surface area contributed by atoms with Gasteiger partial charge in [-0.15, -0.1) is 0 Å². The number of aryl methyl sites for hydroxylation is 2. The number of hydrogen-bond acceptors (Lipinski definition) is 2. The Balaban J connectivity index is 2.03. The molecule has 0 saturated heterocycles. The quantitative estimate of drug-likeness (QED) is 0.746. The van der Waals surface area contributed by atoms with Crippen LogP contribution in [0.15, 0.2) is 36.5 Å². The second kappa shape index (κ2) is 5.04. The van der Waals surface area contributed by atoms with E-state index in [2.05, 4.69) is 11.1 Å². The second-order valence-electron chi connectivity index (χ2n) is 5.01. The fourth-order valence-electron chi connectivity index (χ4n) is 2.74. The maximum atomic E-state index is 13.2. The van der Waals surface area contributed by atoms with Crippen LogP contribution < -0.4 is 4.90 Å². The van der Waals surface area contributed by atoms with Gasteiger partial charge in [0.05, 0.1) is 5.69 Å². The average Bonchev–Trinajstić information content (AvgIpc) is 2.46. The standard InChI is InChI=1S/C16H15FN2O/c1-11-4-2-5-12-6-3-9-19(15(11)12)16(20)13-7-8-18-14(17)10-13/h2,4-5,7-8,10H,3,6,9H2,1H3. The van der Waals surface area contributed by atoms with Gasteiger partial charge >= 0.3 is 0 Å². The SMILES string of the molecule is Cc1cccc2c1N(C(=O)c1ccnc(F)c1)CCC2. The molecule has 0 unspecified atom stereocenters. The highest BCUT2D eigenvalue weighted by Gasteiger charge is 2.25. The van der Waals surface area contributed by atoms with Gasteiger partial charge in [0.25, 0.3) is 5.91 Å². The van der Waals surface area contributed by atoms with Crippen LogP contribution in [0.1, 0.15) is 27.9 Å². The number of halogens is 1. The Morgan fingerprint density at radius 2 is 2.20 bits per heavy atom. The average molecular weight is 270 g/mol. The van der Waals surface area contributed by atoms with Crippen molar-refractivity contribution in [1.29, 1.82) is 0 Å². The van der Waals surface area contributed by atoms with Gasteiger partial charge in [-0.05, 0) is 37.0 Å². The number of carbonyl (C=O) groups excluding carboxylic acids is 1. The summed E-state index contributed by atoms with van der Waals surface area (Å²) in [6.07, 6.45) is 3.23. The molecule has 102 valence electrons. The molecule has 3 rings (SSSR count). The summed E-state index contributed by atoms with van der Waals surface area (Å²) in [6, 6.07) is 8.80. The fraction of sp³-hybridized carbons (Fsp3) is 0.250. The minimum absolute atomic E-state index is 0.165. The number of rotatable bonds is 1. The van der Waals surface area contributed by atoms with E-state index in [1.54, 1.807) is 11.0 Å². The van der Waals surface area contributed by atoms with Crippen molar-refractivity contribution in [1.82, 2.24) is 4.98 Å². The lowest BCUT2D eigenvalue weighted by molar-refractivity contribution is 0.0984. The molecule has 2 heterocycles. The van der Waals surface area contributed by atoms with Gasteiger partial charge < -0.3 is 4.90 Å². The number of para-hydroxylation sites is 1. The zero-order chi connectivity index (χ0) is 14.1. The van der Waals surface area contributed by atoms with Crippen LogP contribution in [0.2, 0.25) is 0 Å². The van der Waals surface area contributed by atoms with E-state index in [9.17, 15) is 9.18 Å². The van der Waals surface area contributed by atoms with Gasteiger partial charge in [0.1, 0.15) is 0 Å². The molecule has 20 heavy (non-hydrogen) atoms. The first-order valence-electron chi connectivity index (χ1n) is 6.69. The number of anilines is 1. The fourth-order valence-corrected chi connectivity index (χ4v) is 2.74. The summed E-state index contributed by atoms with van der Waals surface area (Å²) >= 11 is 0. The predicted molar refractivity (Wildman–Crippen MR) is 75.4 cm³/mol. The topological polar surface area (TPSA) is 33.2 Å². The molecule has 0 spiro atoms. The van der Waals surface area contributed by atoms with E-state index < -0.39 is 5.95 Å². The van der Waals surface area contributed by atoms with Crippen LogP contribution in [0.3, 0.4) is 0 Å². The first-order valence-corrected chi connectivity index (χ1v) is 6.69. The van der Waals surface area contributed by atoms with E-state index in [0.717, 1.165) is 24.1 Å². The van der Waals surface area contributed by atoms with Crippen molar-refractivity contribution in [3.63, 3.8) is 0 Å². The summed E-state index contributed by atoms with van der Waals surface area (Å²) < 4.78 is 13.2. The van der Waals surface area contributed by atoms with Gasteiger partial charge in [-0.1, -0.05) is 18.2 Å². The van der Waals surface area contributed by atoms with Crippen LogP contribution >= 0.6 is 0 Å². The molecule has 1 aromatic heterocycles. The van der Waals surface area contributed by atoms with Crippen LogP contribution in [-0.4, -0.2) is 17.4 Å². The number of amides is 1. The molecule has 1 aliphatic heterocycles. The molecule has 0 saturated carbocycles. The van der Waals surface area contributed by atoms with E-state index in [1.165, 1.54) is 17.8 Å². The molecule has 0 fully saturated rings. The van der Waals surface area contributed by atoms with E-state index >= 15 is 0 Å². The van der Waals surface area contributed by atoms with Crippen LogP contribution in [-0.2, 0) is 6.42 Å². The molecule has 3 nitrogen and oxygen atoms in total. The molecule has 0 bridgehead atoms. The molecule has 1 amide bonds. The molecule has 4 heteroatoms. The zero-order valence-corrected chi connectivity index (χ0v) is 11.3. The maximum Gasteiger partial charge on any atom is 0.258 e. The third-order valence-corrected chi connectivity index (χ3v) is 3.64. The Labute approximate surface area is 117 Å². The monoisotopic (exact) mass is 270 g/mol. The van der Waals surface area contributed by atoms with Gasteiger partial charge in [-0.3, -0.25) is 4.79 Å². The summed E-state index contributed by atoms with van der Waals surface area (Å²) in [4.78, 5) is 17.8. The number of hydrogen-bond donors (Lipinski definition) is 0. The van der Waals surface area contributed by atoms with Crippen molar-refractivity contribution in [2.24, 2.45) is 0 Å². The molecule has 2 aromatic rings. The van der Waals surface area contributed by atoms with Gasteiger partial charge in [0.15, 0.2) is 0 Å². The summed E-state index contributed by atoms with van der Waals surface area (Å²) in [5, 5.41) is 0. The van der Waals surface area contributed by atoms with Crippen molar-refractivity contribution < 1.29 is 9.18 Å². The highest BCUT2D eigenvalue weighted by molar-refractivity contribution is 6.07. The Hall–Kier alpha value is -2.23. The Bertz CT molecular complexity index is 669. The lowest BCUT2D eigenvalue weighted by Gasteiger charge is -2.31. The van der Waals surface area contributed by atoms with Gasteiger partial charge in [-0.25, -0.2) is 4.98 Å². The van der Waals surface area contributed by atoms with Crippen LogP contribution in [0.4, 0.5) is 10.1 Å². The highest BCUT2D eigenvalue weighted by atomic mass is 19.1. The van der Waals surface area contributed by atoms with Crippen LogP contribution in [0.5, 0.6) is 0 Å². The van der Waals surface area contributed by atoms with E-state index in [4.69, 9.17) is 0 Å². The molecule has 1 aromatic carbocycles. The summed E-state index contributed by atoms with van der Waals surface area (Å²) in [5.74, 6) is -0.792. The normalized spacial score (nSPS) is 14.0. The summed E-state index contributed by atoms with van der Waals surface area (Å²) in [6.45, 7) is 2.66. The minimum Gasteiger partial charge on any atom is -0.308 e. The minimum atomic E-state index is -0.627. The van der Waals surface area contributed by atoms with Crippen molar-refractivity contribution in [3.8, 4) is 0 Å². The Kier molecular flexibility index (Phi) is 3.22. The first kappa shape index (κ1) is 12.8. The highest BCUT2D eigenvalue weighted by Crippen LogP contribution is 2.31. The van der Waals surface area contributed by atoms with Gasteiger partial charge in [0.2, 0.25) is 5.95 Å². The van der Waals surface area contributed by atoms with Gasteiger partial charge in [0, 0.05) is 24.4 Å². The second-order valence-corrected chi connectivity index (χ2v) is 5.01. The number of benzene rings is 1. The summed E-state index contributed by atoms with van der Waals surface area (Å²) in [5.41, 5.74) is 3.57. The third kappa shape index (κ3) is 2.18. The Morgan fingerprint density at radius 1 is 1.35 bits per heavy atom. The van der Waals surface area contributed by atoms with Gasteiger partial charge in [-0.2, -0.15) is 4.39 Å². The smallest absolute Gasteiger partial charge is 0.258 e. The number of aromatic nitrogens is 1.